The number of nitrogens with zero attached hydrogens (tertiary/aromatic N) is 4. The molecule has 1 aromatic carbocycles. The fourth-order valence-corrected chi connectivity index (χ4v) is 5.41. The number of carbonyl (C=O) groups is 1. The van der Waals surface area contributed by atoms with E-state index in [1.54, 1.807) is 34.8 Å². The van der Waals surface area contributed by atoms with E-state index in [4.69, 9.17) is 4.52 Å². The first kappa shape index (κ1) is 22.9. The molecule has 176 valence electrons. The molecule has 3 aromatic heterocycles. The molecule has 0 radical (unpaired) electrons. The van der Waals surface area contributed by atoms with Gasteiger partial charge in [-0.25, -0.2) is 4.39 Å². The molecule has 1 saturated heterocycles. The van der Waals surface area contributed by atoms with Crippen LogP contribution in [0.15, 0.2) is 63.8 Å². The van der Waals surface area contributed by atoms with Gasteiger partial charge in [0.15, 0.2) is 0 Å². The summed E-state index contributed by atoms with van der Waals surface area (Å²) >= 11 is 3.16. The van der Waals surface area contributed by atoms with Crippen LogP contribution in [0.3, 0.4) is 0 Å². The first-order chi connectivity index (χ1) is 16.6. The summed E-state index contributed by atoms with van der Waals surface area (Å²) in [6, 6.07) is 13.9. The van der Waals surface area contributed by atoms with Crippen LogP contribution in [0.2, 0.25) is 0 Å². The third-order valence-electron chi connectivity index (χ3n) is 5.74. The molecular weight excluding hydrogens is 473 g/mol. The van der Waals surface area contributed by atoms with Crippen LogP contribution in [-0.4, -0.2) is 58.6 Å². The van der Waals surface area contributed by atoms with Gasteiger partial charge in [0, 0.05) is 31.1 Å². The molecule has 10 heteroatoms. The summed E-state index contributed by atoms with van der Waals surface area (Å²) in [5.74, 6) is 0.893. The van der Waals surface area contributed by atoms with Crippen LogP contribution in [0, 0.1) is 5.82 Å². The first-order valence-electron chi connectivity index (χ1n) is 11.0. The Hall–Kier alpha value is -2.92. The molecule has 1 unspecified atom stereocenters. The Morgan fingerprint density at radius 2 is 1.76 bits per heavy atom. The normalized spacial score (nSPS) is 15.9. The average Bonchev–Trinajstić information content (AvgIpc) is 3.62. The number of hydrogen-bond acceptors (Lipinski definition) is 8. The highest BCUT2D eigenvalue weighted by Gasteiger charge is 2.23. The third kappa shape index (κ3) is 5.58. The first-order valence-corrected chi connectivity index (χ1v) is 12.8. The molecule has 1 atom stereocenters. The van der Waals surface area contributed by atoms with E-state index in [1.165, 1.54) is 12.1 Å². The molecule has 1 aliphatic rings. The molecule has 0 spiro atoms. The molecule has 7 nitrogen and oxygen atoms in total. The highest BCUT2D eigenvalue weighted by Crippen LogP contribution is 2.26. The fourth-order valence-electron chi connectivity index (χ4n) is 3.96. The van der Waals surface area contributed by atoms with E-state index in [0.29, 0.717) is 24.8 Å². The van der Waals surface area contributed by atoms with E-state index in [0.717, 1.165) is 41.5 Å². The van der Waals surface area contributed by atoms with Gasteiger partial charge in [-0.15, -0.1) is 22.7 Å². The summed E-state index contributed by atoms with van der Waals surface area (Å²) in [7, 11) is 0. The Labute approximate surface area is 204 Å². The lowest BCUT2D eigenvalue weighted by Gasteiger charge is -2.33. The maximum Gasteiger partial charge on any atom is 0.241 e. The number of carbonyl (C=O) groups excluding carboxylic acids is 1. The second kappa shape index (κ2) is 10.6. The minimum Gasteiger partial charge on any atom is -0.343 e. The van der Waals surface area contributed by atoms with Crippen molar-refractivity contribution in [2.24, 2.45) is 0 Å². The number of rotatable bonds is 8. The summed E-state index contributed by atoms with van der Waals surface area (Å²) in [4.78, 5) is 23.8. The zero-order valence-electron chi connectivity index (χ0n) is 18.4. The topological polar surface area (TPSA) is 74.5 Å². The Morgan fingerprint density at radius 3 is 2.47 bits per heavy atom. The predicted octanol–water partition coefficient (Wildman–Crippen LogP) is 4.02. The molecule has 0 saturated carbocycles. The van der Waals surface area contributed by atoms with Crippen LogP contribution >= 0.6 is 22.7 Å². The van der Waals surface area contributed by atoms with Crippen molar-refractivity contribution in [1.29, 1.82) is 0 Å². The van der Waals surface area contributed by atoms with Gasteiger partial charge >= 0.3 is 0 Å². The number of halogens is 1. The lowest BCUT2D eigenvalue weighted by atomic mass is 10.1. The van der Waals surface area contributed by atoms with Crippen LogP contribution in [0.5, 0.6) is 0 Å². The van der Waals surface area contributed by atoms with Gasteiger partial charge in [0.2, 0.25) is 17.6 Å². The Balaban J connectivity index is 1.13. The fraction of sp³-hybridized carbons (Fsp3) is 0.292. The predicted molar refractivity (Wildman–Crippen MR) is 130 cm³/mol. The van der Waals surface area contributed by atoms with Crippen molar-refractivity contribution in [2.45, 2.75) is 12.6 Å². The second-order valence-electron chi connectivity index (χ2n) is 8.11. The standard InChI is InChI=1S/C24H24FN5O2S2/c25-18-7-5-17(6-8-18)23(19-3-1-13-33-19)26-21(31)15-29-9-11-30(12-10-29)16-22-27-24(28-32-22)20-4-2-14-34-20/h1-8,13-14,23H,9-12,15-16H2,(H,26,31). The summed E-state index contributed by atoms with van der Waals surface area (Å²) < 4.78 is 18.8. The molecule has 1 aliphatic heterocycles. The number of amides is 1. The Kier molecular flexibility index (Phi) is 7.10. The number of hydrogen-bond donors (Lipinski definition) is 1. The van der Waals surface area contributed by atoms with Crippen LogP contribution in [0.25, 0.3) is 10.7 Å². The van der Waals surface area contributed by atoms with Crippen molar-refractivity contribution < 1.29 is 13.7 Å². The summed E-state index contributed by atoms with van der Waals surface area (Å²) in [6.07, 6.45) is 0. The maximum atomic E-state index is 13.4. The summed E-state index contributed by atoms with van der Waals surface area (Å²) in [5, 5.41) is 11.2. The molecule has 1 fully saturated rings. The zero-order chi connectivity index (χ0) is 23.3. The smallest absolute Gasteiger partial charge is 0.241 e. The van der Waals surface area contributed by atoms with Crippen molar-refractivity contribution >= 4 is 28.6 Å². The minimum atomic E-state index is -0.291. The van der Waals surface area contributed by atoms with E-state index in [9.17, 15) is 9.18 Å². The molecule has 4 aromatic rings. The summed E-state index contributed by atoms with van der Waals surface area (Å²) in [6.45, 7) is 4.11. The van der Waals surface area contributed by atoms with Gasteiger partial charge in [0.1, 0.15) is 5.82 Å². The van der Waals surface area contributed by atoms with Crippen LogP contribution in [-0.2, 0) is 11.3 Å². The van der Waals surface area contributed by atoms with E-state index >= 15 is 0 Å². The van der Waals surface area contributed by atoms with Gasteiger partial charge in [0.25, 0.3) is 0 Å². The van der Waals surface area contributed by atoms with Crippen LogP contribution in [0.1, 0.15) is 22.4 Å². The van der Waals surface area contributed by atoms with Crippen molar-refractivity contribution in [2.75, 3.05) is 32.7 Å². The van der Waals surface area contributed by atoms with Gasteiger partial charge in [0.05, 0.1) is 24.0 Å². The van der Waals surface area contributed by atoms with Crippen molar-refractivity contribution in [3.63, 3.8) is 0 Å². The van der Waals surface area contributed by atoms with E-state index in [-0.39, 0.29) is 17.8 Å². The van der Waals surface area contributed by atoms with Crippen LogP contribution < -0.4 is 5.32 Å². The molecule has 4 heterocycles. The molecule has 1 amide bonds. The molecular formula is C24H24FN5O2S2. The second-order valence-corrected chi connectivity index (χ2v) is 10.0. The molecule has 34 heavy (non-hydrogen) atoms. The van der Waals surface area contributed by atoms with Gasteiger partial charge in [-0.2, -0.15) is 4.98 Å². The molecule has 5 rings (SSSR count). The van der Waals surface area contributed by atoms with Gasteiger partial charge in [-0.3, -0.25) is 14.6 Å². The quantitative estimate of drug-likeness (QED) is 0.396. The Bertz CT molecular complexity index is 1190. The van der Waals surface area contributed by atoms with Gasteiger partial charge < -0.3 is 9.84 Å². The van der Waals surface area contributed by atoms with Crippen LogP contribution in [0.4, 0.5) is 4.39 Å². The van der Waals surface area contributed by atoms with Gasteiger partial charge in [-0.1, -0.05) is 29.4 Å². The highest BCUT2D eigenvalue weighted by molar-refractivity contribution is 7.13. The molecule has 0 bridgehead atoms. The minimum absolute atomic E-state index is 0.0475. The monoisotopic (exact) mass is 497 g/mol. The third-order valence-corrected chi connectivity index (χ3v) is 7.54. The lowest BCUT2D eigenvalue weighted by molar-refractivity contribution is -0.123. The zero-order valence-corrected chi connectivity index (χ0v) is 20.0. The van der Waals surface area contributed by atoms with Gasteiger partial charge in [-0.05, 0) is 40.6 Å². The van der Waals surface area contributed by atoms with E-state index in [1.807, 2.05) is 35.0 Å². The summed E-state index contributed by atoms with van der Waals surface area (Å²) in [5.41, 5.74) is 0.864. The van der Waals surface area contributed by atoms with Crippen molar-refractivity contribution in [3.8, 4) is 10.7 Å². The molecule has 1 N–H and O–H groups in total. The number of piperazine rings is 1. The lowest BCUT2D eigenvalue weighted by Crippen LogP contribution is -2.49. The largest absolute Gasteiger partial charge is 0.343 e. The average molecular weight is 498 g/mol. The van der Waals surface area contributed by atoms with Crippen molar-refractivity contribution in [1.82, 2.24) is 25.3 Å². The van der Waals surface area contributed by atoms with E-state index in [2.05, 4.69) is 25.3 Å². The Morgan fingerprint density at radius 1 is 1.03 bits per heavy atom. The van der Waals surface area contributed by atoms with E-state index < -0.39 is 0 Å². The maximum absolute atomic E-state index is 13.4. The SMILES string of the molecule is O=C(CN1CCN(Cc2nc(-c3cccs3)no2)CC1)NC(c1ccc(F)cc1)c1cccs1. The number of aromatic nitrogens is 2. The number of benzene rings is 1. The number of thiophene rings is 2. The van der Waals surface area contributed by atoms with Crippen molar-refractivity contribution in [3.05, 3.63) is 81.4 Å². The molecule has 0 aliphatic carbocycles. The highest BCUT2D eigenvalue weighted by atomic mass is 32.1. The number of nitrogens with one attached hydrogen (secondary N) is 1.